The fourth-order valence-electron chi connectivity index (χ4n) is 2.56. The van der Waals surface area contributed by atoms with Crippen molar-refractivity contribution >= 4 is 17.3 Å². The zero-order valence-electron chi connectivity index (χ0n) is 11.8. The third-order valence-electron chi connectivity index (χ3n) is 3.63. The van der Waals surface area contributed by atoms with Crippen molar-refractivity contribution in [2.45, 2.75) is 19.3 Å². The molecular weight excluding hydrogens is 264 g/mol. The van der Waals surface area contributed by atoms with Crippen molar-refractivity contribution in [2.24, 2.45) is 0 Å². The SMILES string of the molecule is Nc1ccc(OCC(=O)Nc2ccc3c(c2)CCC3)cc1. The van der Waals surface area contributed by atoms with Crippen LogP contribution >= 0.6 is 0 Å². The lowest BCUT2D eigenvalue weighted by Gasteiger charge is -2.09. The smallest absolute Gasteiger partial charge is 0.262 e. The summed E-state index contributed by atoms with van der Waals surface area (Å²) >= 11 is 0. The first-order chi connectivity index (χ1) is 10.2. The normalized spacial score (nSPS) is 12.8. The summed E-state index contributed by atoms with van der Waals surface area (Å²) in [5.41, 5.74) is 9.84. The molecule has 2 aromatic rings. The summed E-state index contributed by atoms with van der Waals surface area (Å²) in [4.78, 5) is 11.9. The zero-order chi connectivity index (χ0) is 14.7. The minimum atomic E-state index is -0.162. The number of fused-ring (bicyclic) bond motifs is 1. The highest BCUT2D eigenvalue weighted by atomic mass is 16.5. The van der Waals surface area contributed by atoms with E-state index < -0.39 is 0 Å². The van der Waals surface area contributed by atoms with E-state index in [9.17, 15) is 4.79 Å². The van der Waals surface area contributed by atoms with Gasteiger partial charge in [0.2, 0.25) is 0 Å². The highest BCUT2D eigenvalue weighted by Crippen LogP contribution is 2.24. The van der Waals surface area contributed by atoms with E-state index in [4.69, 9.17) is 10.5 Å². The second kappa shape index (κ2) is 5.87. The molecule has 0 aromatic heterocycles. The van der Waals surface area contributed by atoms with E-state index in [0.717, 1.165) is 18.5 Å². The Bertz CT molecular complexity index is 650. The summed E-state index contributed by atoms with van der Waals surface area (Å²) in [5.74, 6) is 0.470. The van der Waals surface area contributed by atoms with Crippen molar-refractivity contribution in [3.63, 3.8) is 0 Å². The van der Waals surface area contributed by atoms with Gasteiger partial charge in [-0.3, -0.25) is 4.79 Å². The molecule has 108 valence electrons. The van der Waals surface area contributed by atoms with Crippen LogP contribution in [0.2, 0.25) is 0 Å². The number of amides is 1. The van der Waals surface area contributed by atoms with E-state index in [-0.39, 0.29) is 12.5 Å². The van der Waals surface area contributed by atoms with Crippen molar-refractivity contribution in [3.05, 3.63) is 53.6 Å². The van der Waals surface area contributed by atoms with Crippen LogP contribution in [0.25, 0.3) is 0 Å². The lowest BCUT2D eigenvalue weighted by molar-refractivity contribution is -0.118. The van der Waals surface area contributed by atoms with Crippen LogP contribution in [0.1, 0.15) is 17.5 Å². The van der Waals surface area contributed by atoms with Crippen molar-refractivity contribution in [3.8, 4) is 5.75 Å². The van der Waals surface area contributed by atoms with Crippen LogP contribution in [-0.4, -0.2) is 12.5 Å². The van der Waals surface area contributed by atoms with E-state index in [2.05, 4.69) is 17.4 Å². The Morgan fingerprint density at radius 2 is 1.86 bits per heavy atom. The fourth-order valence-corrected chi connectivity index (χ4v) is 2.56. The number of rotatable bonds is 4. The zero-order valence-corrected chi connectivity index (χ0v) is 11.8. The van der Waals surface area contributed by atoms with Gasteiger partial charge in [-0.1, -0.05) is 6.07 Å². The van der Waals surface area contributed by atoms with Crippen LogP contribution in [-0.2, 0) is 17.6 Å². The van der Waals surface area contributed by atoms with E-state index in [1.807, 2.05) is 6.07 Å². The van der Waals surface area contributed by atoms with Crippen LogP contribution in [0, 0.1) is 0 Å². The number of hydrogen-bond acceptors (Lipinski definition) is 3. The number of carbonyl (C=O) groups excluding carboxylic acids is 1. The molecule has 0 heterocycles. The second-order valence-electron chi connectivity index (χ2n) is 5.24. The van der Waals surface area contributed by atoms with Gasteiger partial charge in [0.05, 0.1) is 0 Å². The molecule has 0 fully saturated rings. The van der Waals surface area contributed by atoms with Gasteiger partial charge >= 0.3 is 0 Å². The molecule has 0 spiro atoms. The maximum absolute atomic E-state index is 11.9. The average molecular weight is 282 g/mol. The van der Waals surface area contributed by atoms with Gasteiger partial charge in [-0.15, -0.1) is 0 Å². The number of aryl methyl sites for hydroxylation is 2. The third kappa shape index (κ3) is 3.34. The number of hydrogen-bond donors (Lipinski definition) is 2. The number of nitrogen functional groups attached to an aromatic ring is 1. The van der Waals surface area contributed by atoms with Crippen LogP contribution in [0.15, 0.2) is 42.5 Å². The number of nitrogens with one attached hydrogen (secondary N) is 1. The average Bonchev–Trinajstić information content (AvgIpc) is 2.94. The first kappa shape index (κ1) is 13.5. The van der Waals surface area contributed by atoms with Gasteiger partial charge in [-0.2, -0.15) is 0 Å². The molecule has 0 atom stereocenters. The van der Waals surface area contributed by atoms with Crippen LogP contribution in [0.5, 0.6) is 5.75 Å². The molecule has 4 nitrogen and oxygen atoms in total. The molecule has 21 heavy (non-hydrogen) atoms. The summed E-state index contributed by atoms with van der Waals surface area (Å²) in [6.07, 6.45) is 3.44. The molecule has 0 saturated carbocycles. The standard InChI is InChI=1S/C17H18N2O2/c18-14-5-8-16(9-6-14)21-11-17(20)19-15-7-4-12-2-1-3-13(12)10-15/h4-10H,1-3,11,18H2,(H,19,20). The molecule has 4 heteroatoms. The Morgan fingerprint density at radius 1 is 1.10 bits per heavy atom. The molecule has 0 radical (unpaired) electrons. The lowest BCUT2D eigenvalue weighted by Crippen LogP contribution is -2.20. The molecule has 0 aliphatic heterocycles. The van der Waals surface area contributed by atoms with Crippen molar-refractivity contribution in [1.82, 2.24) is 0 Å². The van der Waals surface area contributed by atoms with E-state index in [0.29, 0.717) is 11.4 Å². The quantitative estimate of drug-likeness (QED) is 0.847. The van der Waals surface area contributed by atoms with Gasteiger partial charge in [0, 0.05) is 11.4 Å². The van der Waals surface area contributed by atoms with Crippen molar-refractivity contribution in [2.75, 3.05) is 17.7 Å². The Balaban J connectivity index is 1.55. The van der Waals surface area contributed by atoms with Gasteiger partial charge in [0.1, 0.15) is 5.75 Å². The predicted molar refractivity (Wildman–Crippen MR) is 83.4 cm³/mol. The maximum atomic E-state index is 11.9. The van der Waals surface area contributed by atoms with E-state index in [1.54, 1.807) is 24.3 Å². The highest BCUT2D eigenvalue weighted by molar-refractivity contribution is 5.92. The maximum Gasteiger partial charge on any atom is 0.262 e. The first-order valence-corrected chi connectivity index (χ1v) is 7.11. The monoisotopic (exact) mass is 282 g/mol. The number of ether oxygens (including phenoxy) is 1. The second-order valence-corrected chi connectivity index (χ2v) is 5.24. The Labute approximate surface area is 123 Å². The van der Waals surface area contributed by atoms with E-state index >= 15 is 0 Å². The summed E-state index contributed by atoms with van der Waals surface area (Å²) < 4.78 is 5.42. The number of carbonyl (C=O) groups is 1. The highest BCUT2D eigenvalue weighted by Gasteiger charge is 2.12. The third-order valence-corrected chi connectivity index (χ3v) is 3.63. The van der Waals surface area contributed by atoms with E-state index in [1.165, 1.54) is 17.5 Å². The van der Waals surface area contributed by atoms with Gasteiger partial charge in [-0.25, -0.2) is 0 Å². The Morgan fingerprint density at radius 3 is 2.67 bits per heavy atom. The number of nitrogens with two attached hydrogens (primary N) is 1. The first-order valence-electron chi connectivity index (χ1n) is 7.11. The molecule has 0 bridgehead atoms. The molecule has 1 aliphatic rings. The molecule has 3 N–H and O–H groups in total. The molecule has 1 aliphatic carbocycles. The number of benzene rings is 2. The van der Waals surface area contributed by atoms with Crippen LogP contribution in [0.3, 0.4) is 0 Å². The van der Waals surface area contributed by atoms with Crippen molar-refractivity contribution < 1.29 is 9.53 Å². The predicted octanol–water partition coefficient (Wildman–Crippen LogP) is 2.78. The summed E-state index contributed by atoms with van der Waals surface area (Å²) in [6, 6.07) is 13.1. The van der Waals surface area contributed by atoms with Crippen molar-refractivity contribution in [1.29, 1.82) is 0 Å². The largest absolute Gasteiger partial charge is 0.484 e. The lowest BCUT2D eigenvalue weighted by atomic mass is 10.1. The van der Waals surface area contributed by atoms with Gasteiger partial charge in [-0.05, 0) is 66.8 Å². The van der Waals surface area contributed by atoms with Gasteiger partial charge < -0.3 is 15.8 Å². The fraction of sp³-hybridized carbons (Fsp3) is 0.235. The molecule has 2 aromatic carbocycles. The molecule has 0 saturated heterocycles. The molecule has 3 rings (SSSR count). The summed E-state index contributed by atoms with van der Waals surface area (Å²) in [5, 5.41) is 2.86. The molecule has 0 unspecified atom stereocenters. The number of anilines is 2. The van der Waals surface area contributed by atoms with Crippen LogP contribution in [0.4, 0.5) is 11.4 Å². The summed E-state index contributed by atoms with van der Waals surface area (Å²) in [7, 11) is 0. The molecule has 1 amide bonds. The minimum Gasteiger partial charge on any atom is -0.484 e. The minimum absolute atomic E-state index is 0.0129. The Hall–Kier alpha value is -2.49. The van der Waals surface area contributed by atoms with Gasteiger partial charge in [0.25, 0.3) is 5.91 Å². The Kier molecular flexibility index (Phi) is 3.77. The molecular formula is C17H18N2O2. The topological polar surface area (TPSA) is 64.3 Å². The summed E-state index contributed by atoms with van der Waals surface area (Å²) in [6.45, 7) is -0.0129. The van der Waals surface area contributed by atoms with Crippen LogP contribution < -0.4 is 15.8 Å². The van der Waals surface area contributed by atoms with Gasteiger partial charge in [0.15, 0.2) is 6.61 Å².